The van der Waals surface area contributed by atoms with Crippen molar-refractivity contribution in [2.75, 3.05) is 17.8 Å². The number of ether oxygens (including phenoxy) is 1. The van der Waals surface area contributed by atoms with E-state index in [0.717, 1.165) is 32.6 Å². The third kappa shape index (κ3) is 3.77. The summed E-state index contributed by atoms with van der Waals surface area (Å²) in [5.74, 6) is 0.917. The minimum atomic E-state index is -0.0329. The topological polar surface area (TPSA) is 73.1 Å². The molecule has 3 aromatic carbocycles. The number of thioether (sulfide) groups is 1. The Kier molecular flexibility index (Phi) is 5.35. The quantitative estimate of drug-likeness (QED) is 0.414. The fourth-order valence-electron chi connectivity index (χ4n) is 3.32. The van der Waals surface area contributed by atoms with Gasteiger partial charge in [-0.25, -0.2) is 0 Å². The summed E-state index contributed by atoms with van der Waals surface area (Å²) in [4.78, 5) is 17.3. The van der Waals surface area contributed by atoms with Gasteiger partial charge in [-0.05, 0) is 59.0 Å². The number of hydrogen-bond acceptors (Lipinski definition) is 7. The van der Waals surface area contributed by atoms with E-state index in [4.69, 9.17) is 4.74 Å². The van der Waals surface area contributed by atoms with Crippen molar-refractivity contribution in [3.8, 4) is 11.4 Å². The van der Waals surface area contributed by atoms with E-state index in [2.05, 4.69) is 15.5 Å². The van der Waals surface area contributed by atoms with Crippen molar-refractivity contribution in [1.82, 2.24) is 20.2 Å². The van der Waals surface area contributed by atoms with E-state index in [1.807, 2.05) is 72.8 Å². The predicted molar refractivity (Wildman–Crippen MR) is 121 cm³/mol. The number of aromatic nitrogens is 4. The van der Waals surface area contributed by atoms with E-state index in [0.29, 0.717) is 5.16 Å². The Morgan fingerprint density at radius 1 is 0.968 bits per heavy atom. The van der Waals surface area contributed by atoms with Crippen LogP contribution in [-0.2, 0) is 4.79 Å². The van der Waals surface area contributed by atoms with Gasteiger partial charge in [0.15, 0.2) is 0 Å². The maximum atomic E-state index is 13.4. The van der Waals surface area contributed by atoms with Crippen LogP contribution in [0.25, 0.3) is 5.69 Å². The van der Waals surface area contributed by atoms with Crippen LogP contribution >= 0.6 is 23.5 Å². The van der Waals surface area contributed by atoms with Crippen LogP contribution < -0.4 is 9.64 Å². The molecule has 1 aliphatic rings. The van der Waals surface area contributed by atoms with E-state index in [1.54, 1.807) is 28.5 Å². The molecule has 31 heavy (non-hydrogen) atoms. The molecule has 0 N–H and O–H groups in total. The van der Waals surface area contributed by atoms with Gasteiger partial charge in [-0.3, -0.25) is 9.69 Å². The third-order valence-electron chi connectivity index (χ3n) is 4.76. The second-order valence-electron chi connectivity index (χ2n) is 6.63. The third-order valence-corrected chi connectivity index (χ3v) is 6.80. The predicted octanol–water partition coefficient (Wildman–Crippen LogP) is 4.59. The molecule has 7 nitrogen and oxygen atoms in total. The van der Waals surface area contributed by atoms with Gasteiger partial charge >= 0.3 is 0 Å². The van der Waals surface area contributed by atoms with Gasteiger partial charge in [0.25, 0.3) is 0 Å². The first-order valence-electron chi connectivity index (χ1n) is 9.49. The smallest absolute Gasteiger partial charge is 0.242 e. The maximum Gasteiger partial charge on any atom is 0.242 e. The minimum Gasteiger partial charge on any atom is -0.497 e. The molecule has 0 aliphatic carbocycles. The van der Waals surface area contributed by atoms with E-state index in [1.165, 1.54) is 11.8 Å². The highest BCUT2D eigenvalue weighted by Gasteiger charge is 2.28. The Bertz CT molecular complexity index is 1200. The summed E-state index contributed by atoms with van der Waals surface area (Å²) >= 11 is 2.98. The van der Waals surface area contributed by atoms with Gasteiger partial charge in [-0.1, -0.05) is 47.8 Å². The van der Waals surface area contributed by atoms with Crippen LogP contribution in [0.3, 0.4) is 0 Å². The first-order valence-corrected chi connectivity index (χ1v) is 11.3. The zero-order valence-corrected chi connectivity index (χ0v) is 18.1. The Hall–Kier alpha value is -3.30. The zero-order valence-electron chi connectivity index (χ0n) is 16.5. The van der Waals surface area contributed by atoms with Crippen molar-refractivity contribution in [2.45, 2.75) is 14.9 Å². The molecule has 0 saturated heterocycles. The number of carbonyl (C=O) groups is 1. The summed E-state index contributed by atoms with van der Waals surface area (Å²) < 4.78 is 6.82. The van der Waals surface area contributed by atoms with Crippen molar-refractivity contribution >= 4 is 40.8 Å². The molecule has 0 spiro atoms. The summed E-state index contributed by atoms with van der Waals surface area (Å²) in [7, 11) is 1.62. The lowest BCUT2D eigenvalue weighted by Crippen LogP contribution is -2.30. The molecule has 5 rings (SSSR count). The van der Waals surface area contributed by atoms with Crippen molar-refractivity contribution in [3.63, 3.8) is 0 Å². The lowest BCUT2D eigenvalue weighted by atomic mass is 10.2. The number of tetrazole rings is 1. The largest absolute Gasteiger partial charge is 0.497 e. The lowest BCUT2D eigenvalue weighted by Gasteiger charge is -2.30. The molecule has 9 heteroatoms. The molecule has 0 fully saturated rings. The molecule has 0 saturated carbocycles. The number of rotatable bonds is 5. The summed E-state index contributed by atoms with van der Waals surface area (Å²) in [5, 5.41) is 12.5. The van der Waals surface area contributed by atoms with Crippen molar-refractivity contribution in [1.29, 1.82) is 0 Å². The summed E-state index contributed by atoms with van der Waals surface area (Å²) in [6.07, 6.45) is 0. The number of para-hydroxylation sites is 2. The van der Waals surface area contributed by atoms with Crippen molar-refractivity contribution < 1.29 is 9.53 Å². The lowest BCUT2D eigenvalue weighted by molar-refractivity contribution is -0.115. The summed E-state index contributed by atoms with van der Waals surface area (Å²) in [5.41, 5.74) is 2.59. The fourth-order valence-corrected chi connectivity index (χ4v) is 5.12. The SMILES string of the molecule is COc1ccc(-n2nnnc2SCC(=O)N2c3ccccc3Sc3ccccc32)cc1. The van der Waals surface area contributed by atoms with E-state index in [9.17, 15) is 4.79 Å². The van der Waals surface area contributed by atoms with Crippen LogP contribution in [0.15, 0.2) is 87.7 Å². The van der Waals surface area contributed by atoms with Gasteiger partial charge in [0.05, 0.1) is 29.9 Å². The fraction of sp³-hybridized carbons (Fsp3) is 0.0909. The second kappa shape index (κ2) is 8.44. The van der Waals surface area contributed by atoms with Gasteiger partial charge in [-0.15, -0.1) is 5.10 Å². The number of amides is 1. The number of carbonyl (C=O) groups excluding carboxylic acids is 1. The zero-order chi connectivity index (χ0) is 21.2. The van der Waals surface area contributed by atoms with Crippen LogP contribution in [0.1, 0.15) is 0 Å². The highest BCUT2D eigenvalue weighted by Crippen LogP contribution is 2.48. The summed E-state index contributed by atoms with van der Waals surface area (Å²) in [6, 6.07) is 23.3. The number of benzene rings is 3. The van der Waals surface area contributed by atoms with Crippen LogP contribution in [0.4, 0.5) is 11.4 Å². The van der Waals surface area contributed by atoms with Gasteiger partial charge in [-0.2, -0.15) is 4.68 Å². The molecule has 2 heterocycles. The molecular weight excluding hydrogens is 430 g/mol. The molecule has 1 aliphatic heterocycles. The molecular formula is C22H17N5O2S2. The minimum absolute atomic E-state index is 0.0329. The molecule has 0 unspecified atom stereocenters. The monoisotopic (exact) mass is 447 g/mol. The molecule has 0 atom stereocenters. The molecule has 0 radical (unpaired) electrons. The average Bonchev–Trinajstić information content (AvgIpc) is 3.29. The Morgan fingerprint density at radius 2 is 1.61 bits per heavy atom. The molecule has 0 bridgehead atoms. The van der Waals surface area contributed by atoms with E-state index < -0.39 is 0 Å². The Labute approximate surface area is 187 Å². The Morgan fingerprint density at radius 3 is 2.26 bits per heavy atom. The standard InChI is InChI=1S/C22H17N5O2S2/c1-29-16-12-10-15(11-13-16)27-22(23-24-25-27)30-14-21(28)26-17-6-2-4-8-19(17)31-20-9-5-3-7-18(20)26/h2-13H,14H2,1H3. The molecule has 154 valence electrons. The van der Waals surface area contributed by atoms with Crippen LogP contribution in [0, 0.1) is 0 Å². The normalized spacial score (nSPS) is 12.2. The maximum absolute atomic E-state index is 13.4. The van der Waals surface area contributed by atoms with E-state index >= 15 is 0 Å². The number of fused-ring (bicyclic) bond motifs is 2. The van der Waals surface area contributed by atoms with Crippen LogP contribution in [0.5, 0.6) is 5.75 Å². The van der Waals surface area contributed by atoms with E-state index in [-0.39, 0.29) is 11.7 Å². The number of anilines is 2. The van der Waals surface area contributed by atoms with Crippen LogP contribution in [0.2, 0.25) is 0 Å². The molecule has 1 amide bonds. The number of methoxy groups -OCH3 is 1. The Balaban J connectivity index is 1.40. The highest BCUT2D eigenvalue weighted by atomic mass is 32.2. The highest BCUT2D eigenvalue weighted by molar-refractivity contribution is 8.00. The molecule has 1 aromatic heterocycles. The number of nitrogens with zero attached hydrogens (tertiary/aromatic N) is 5. The first kappa shape index (κ1) is 19.7. The van der Waals surface area contributed by atoms with Gasteiger partial charge in [0, 0.05) is 9.79 Å². The average molecular weight is 448 g/mol. The second-order valence-corrected chi connectivity index (χ2v) is 8.65. The summed E-state index contributed by atoms with van der Waals surface area (Å²) in [6.45, 7) is 0. The van der Waals surface area contributed by atoms with Crippen LogP contribution in [-0.4, -0.2) is 39.0 Å². The van der Waals surface area contributed by atoms with Gasteiger partial charge < -0.3 is 4.74 Å². The molecule has 4 aromatic rings. The number of hydrogen-bond donors (Lipinski definition) is 0. The first-order chi connectivity index (χ1) is 15.2. The van der Waals surface area contributed by atoms with Crippen molar-refractivity contribution in [2.24, 2.45) is 0 Å². The van der Waals surface area contributed by atoms with Gasteiger partial charge in [0.2, 0.25) is 11.1 Å². The van der Waals surface area contributed by atoms with Crippen molar-refractivity contribution in [3.05, 3.63) is 72.8 Å². The van der Waals surface area contributed by atoms with Gasteiger partial charge in [0.1, 0.15) is 5.75 Å².